The highest BCUT2D eigenvalue weighted by molar-refractivity contribution is 6.04. The maximum Gasteiger partial charge on any atom is 0.255 e. The summed E-state index contributed by atoms with van der Waals surface area (Å²) >= 11 is 0. The van der Waals surface area contributed by atoms with E-state index in [-0.39, 0.29) is 5.91 Å². The lowest BCUT2D eigenvalue weighted by molar-refractivity contribution is 0.102. The largest absolute Gasteiger partial charge is 0.493 e. The zero-order chi connectivity index (χ0) is 19.2. The number of aryl methyl sites for hydroxylation is 1. The molecule has 0 bridgehead atoms. The second kappa shape index (κ2) is 8.27. The van der Waals surface area contributed by atoms with E-state index in [9.17, 15) is 4.79 Å². The molecule has 3 aromatic rings. The van der Waals surface area contributed by atoms with E-state index in [0.717, 1.165) is 5.75 Å². The first-order chi connectivity index (χ1) is 13.1. The Labute approximate surface area is 158 Å². The first kappa shape index (κ1) is 18.3. The number of ether oxygens (including phenoxy) is 3. The van der Waals surface area contributed by atoms with Gasteiger partial charge >= 0.3 is 0 Å². The van der Waals surface area contributed by atoms with Crippen LogP contribution in [0.4, 0.5) is 5.69 Å². The summed E-state index contributed by atoms with van der Waals surface area (Å²) in [5.74, 6) is 2.31. The van der Waals surface area contributed by atoms with Gasteiger partial charge in [-0.3, -0.25) is 4.79 Å². The third-order valence-corrected chi connectivity index (χ3v) is 4.01. The fraction of sp³-hybridized carbons (Fsp3) is 0.136. The Kier molecular flexibility index (Phi) is 5.61. The van der Waals surface area contributed by atoms with Crippen molar-refractivity contribution in [1.82, 2.24) is 0 Å². The molecule has 27 heavy (non-hydrogen) atoms. The van der Waals surface area contributed by atoms with Gasteiger partial charge in [0, 0.05) is 11.3 Å². The Bertz CT molecular complexity index is 918. The molecule has 0 spiro atoms. The van der Waals surface area contributed by atoms with Crippen molar-refractivity contribution in [3.05, 3.63) is 77.9 Å². The third kappa shape index (κ3) is 4.58. The molecule has 0 fully saturated rings. The van der Waals surface area contributed by atoms with Gasteiger partial charge in [-0.15, -0.1) is 0 Å². The Morgan fingerprint density at radius 1 is 0.778 bits per heavy atom. The van der Waals surface area contributed by atoms with E-state index < -0.39 is 0 Å². The van der Waals surface area contributed by atoms with Crippen LogP contribution in [0.2, 0.25) is 0 Å². The van der Waals surface area contributed by atoms with Crippen LogP contribution in [0.25, 0.3) is 0 Å². The third-order valence-electron chi connectivity index (χ3n) is 4.01. The minimum atomic E-state index is -0.233. The average Bonchev–Trinajstić information content (AvgIpc) is 2.70. The standard InChI is InChI=1S/C22H21NO4/c1-15-4-9-18(10-5-15)27-19-11-7-17(8-12-19)23-22(24)16-6-13-20(25-2)21(14-16)26-3/h4-14H,1-3H3,(H,23,24). The van der Waals surface area contributed by atoms with Gasteiger partial charge in [0.15, 0.2) is 11.5 Å². The van der Waals surface area contributed by atoms with Crippen LogP contribution in [0.5, 0.6) is 23.0 Å². The van der Waals surface area contributed by atoms with Gasteiger partial charge in [-0.2, -0.15) is 0 Å². The van der Waals surface area contributed by atoms with Crippen LogP contribution < -0.4 is 19.5 Å². The highest BCUT2D eigenvalue weighted by Crippen LogP contribution is 2.28. The van der Waals surface area contributed by atoms with Gasteiger partial charge in [0.2, 0.25) is 0 Å². The molecule has 0 aliphatic rings. The van der Waals surface area contributed by atoms with Crippen LogP contribution in [0.1, 0.15) is 15.9 Å². The summed E-state index contributed by atoms with van der Waals surface area (Å²) in [6.07, 6.45) is 0. The number of amides is 1. The van der Waals surface area contributed by atoms with E-state index in [1.807, 2.05) is 43.3 Å². The minimum absolute atomic E-state index is 0.233. The van der Waals surface area contributed by atoms with Gasteiger partial charge in [-0.1, -0.05) is 17.7 Å². The van der Waals surface area contributed by atoms with Crippen molar-refractivity contribution in [2.75, 3.05) is 19.5 Å². The predicted octanol–water partition coefficient (Wildman–Crippen LogP) is 5.06. The van der Waals surface area contributed by atoms with E-state index in [4.69, 9.17) is 14.2 Å². The summed E-state index contributed by atoms with van der Waals surface area (Å²) < 4.78 is 16.2. The molecule has 0 aliphatic heterocycles. The number of carbonyl (C=O) groups is 1. The topological polar surface area (TPSA) is 56.8 Å². The Morgan fingerprint density at radius 3 is 1.96 bits per heavy atom. The molecular formula is C22H21NO4. The maximum atomic E-state index is 12.5. The van der Waals surface area contributed by atoms with Crippen LogP contribution >= 0.6 is 0 Å². The predicted molar refractivity (Wildman–Crippen MR) is 105 cm³/mol. The molecule has 1 amide bonds. The molecule has 0 aromatic heterocycles. The number of rotatable bonds is 6. The van der Waals surface area contributed by atoms with Crippen molar-refractivity contribution in [2.45, 2.75) is 6.92 Å². The zero-order valence-electron chi connectivity index (χ0n) is 15.5. The molecule has 0 heterocycles. The van der Waals surface area contributed by atoms with Gasteiger partial charge in [0.1, 0.15) is 11.5 Å². The first-order valence-electron chi connectivity index (χ1n) is 8.47. The summed E-state index contributed by atoms with van der Waals surface area (Å²) in [6, 6.07) is 20.1. The summed E-state index contributed by atoms with van der Waals surface area (Å²) in [6.45, 7) is 2.03. The van der Waals surface area contributed by atoms with Gasteiger partial charge in [0.25, 0.3) is 5.91 Å². The van der Waals surface area contributed by atoms with E-state index in [1.54, 1.807) is 37.4 Å². The Balaban J connectivity index is 1.67. The summed E-state index contributed by atoms with van der Waals surface area (Å²) in [5.41, 5.74) is 2.33. The fourth-order valence-electron chi connectivity index (χ4n) is 2.53. The molecule has 138 valence electrons. The molecule has 0 saturated carbocycles. The van der Waals surface area contributed by atoms with Gasteiger partial charge in [0.05, 0.1) is 14.2 Å². The van der Waals surface area contributed by atoms with E-state index in [0.29, 0.717) is 28.5 Å². The average molecular weight is 363 g/mol. The van der Waals surface area contributed by atoms with Gasteiger partial charge < -0.3 is 19.5 Å². The van der Waals surface area contributed by atoms with Crippen molar-refractivity contribution < 1.29 is 19.0 Å². The van der Waals surface area contributed by atoms with Crippen LogP contribution in [0.15, 0.2) is 66.7 Å². The van der Waals surface area contributed by atoms with Crippen LogP contribution in [-0.4, -0.2) is 20.1 Å². The molecule has 0 radical (unpaired) electrons. The zero-order valence-corrected chi connectivity index (χ0v) is 15.5. The Hall–Kier alpha value is -3.47. The molecule has 1 N–H and O–H groups in total. The monoisotopic (exact) mass is 363 g/mol. The smallest absolute Gasteiger partial charge is 0.255 e. The number of benzene rings is 3. The second-order valence-electron chi connectivity index (χ2n) is 5.96. The highest BCUT2D eigenvalue weighted by atomic mass is 16.5. The number of nitrogens with one attached hydrogen (secondary N) is 1. The second-order valence-corrected chi connectivity index (χ2v) is 5.96. The Morgan fingerprint density at radius 2 is 1.37 bits per heavy atom. The summed E-state index contributed by atoms with van der Waals surface area (Å²) in [5, 5.41) is 2.85. The lowest BCUT2D eigenvalue weighted by Gasteiger charge is -2.11. The number of methoxy groups -OCH3 is 2. The van der Waals surface area contributed by atoms with Crippen LogP contribution in [-0.2, 0) is 0 Å². The van der Waals surface area contributed by atoms with E-state index in [1.165, 1.54) is 12.7 Å². The highest BCUT2D eigenvalue weighted by Gasteiger charge is 2.11. The van der Waals surface area contributed by atoms with Crippen molar-refractivity contribution in [3.8, 4) is 23.0 Å². The van der Waals surface area contributed by atoms with Crippen molar-refractivity contribution in [3.63, 3.8) is 0 Å². The lowest BCUT2D eigenvalue weighted by atomic mass is 10.2. The van der Waals surface area contributed by atoms with Crippen molar-refractivity contribution >= 4 is 11.6 Å². The molecule has 3 aromatic carbocycles. The summed E-state index contributed by atoms with van der Waals surface area (Å²) in [7, 11) is 3.09. The van der Waals surface area contributed by atoms with E-state index >= 15 is 0 Å². The van der Waals surface area contributed by atoms with Gasteiger partial charge in [-0.05, 0) is 61.5 Å². The molecule has 5 heteroatoms. The lowest BCUT2D eigenvalue weighted by Crippen LogP contribution is -2.12. The number of anilines is 1. The quantitative estimate of drug-likeness (QED) is 0.665. The maximum absolute atomic E-state index is 12.5. The van der Waals surface area contributed by atoms with Crippen LogP contribution in [0, 0.1) is 6.92 Å². The SMILES string of the molecule is COc1ccc(C(=O)Nc2ccc(Oc3ccc(C)cc3)cc2)cc1OC. The van der Waals surface area contributed by atoms with Crippen molar-refractivity contribution in [2.24, 2.45) is 0 Å². The minimum Gasteiger partial charge on any atom is -0.493 e. The molecule has 0 saturated heterocycles. The van der Waals surface area contributed by atoms with E-state index in [2.05, 4.69) is 5.32 Å². The molecule has 3 rings (SSSR count). The molecular weight excluding hydrogens is 342 g/mol. The first-order valence-corrected chi connectivity index (χ1v) is 8.47. The molecule has 5 nitrogen and oxygen atoms in total. The number of carbonyl (C=O) groups excluding carboxylic acids is 1. The van der Waals surface area contributed by atoms with Crippen molar-refractivity contribution in [1.29, 1.82) is 0 Å². The molecule has 0 atom stereocenters. The fourth-order valence-corrected chi connectivity index (χ4v) is 2.53. The molecule has 0 aliphatic carbocycles. The summed E-state index contributed by atoms with van der Waals surface area (Å²) in [4.78, 5) is 12.5. The molecule has 0 unspecified atom stereocenters. The normalized spacial score (nSPS) is 10.2. The number of hydrogen-bond donors (Lipinski definition) is 1. The van der Waals surface area contributed by atoms with Crippen LogP contribution in [0.3, 0.4) is 0 Å². The van der Waals surface area contributed by atoms with Gasteiger partial charge in [-0.25, -0.2) is 0 Å². The number of hydrogen-bond acceptors (Lipinski definition) is 4.